The Labute approximate surface area is 128 Å². The minimum absolute atomic E-state index is 0.00573. The summed E-state index contributed by atoms with van der Waals surface area (Å²) >= 11 is 1.55. The first-order valence-corrected chi connectivity index (χ1v) is 7.82. The first-order valence-electron chi connectivity index (χ1n) is 6.94. The second kappa shape index (κ2) is 6.30. The monoisotopic (exact) mass is 308 g/mol. The van der Waals surface area contributed by atoms with Gasteiger partial charge in [0.15, 0.2) is 6.04 Å². The standard InChI is InChI=1S/C15H20N2O3S/c1-4-7-16(10(2)3)15(20)17-8-5-12-11(6-9-21-12)13(17)14(18)19/h4,6,9-10,13H,1,5,7-8H2,2-3H3,(H,18,19). The Morgan fingerprint density at radius 1 is 1.62 bits per heavy atom. The van der Waals surface area contributed by atoms with E-state index < -0.39 is 12.0 Å². The highest BCUT2D eigenvalue weighted by Gasteiger charge is 2.38. The third-order valence-electron chi connectivity index (χ3n) is 3.64. The van der Waals surface area contributed by atoms with Crippen molar-refractivity contribution in [2.24, 2.45) is 0 Å². The van der Waals surface area contributed by atoms with Gasteiger partial charge in [-0.25, -0.2) is 9.59 Å². The van der Waals surface area contributed by atoms with Crippen LogP contribution < -0.4 is 0 Å². The Kier molecular flexibility index (Phi) is 4.67. The van der Waals surface area contributed by atoms with Crippen molar-refractivity contribution in [1.29, 1.82) is 0 Å². The highest BCUT2D eigenvalue weighted by atomic mass is 32.1. The van der Waals surface area contributed by atoms with Gasteiger partial charge in [0.25, 0.3) is 0 Å². The molecule has 1 atom stereocenters. The van der Waals surface area contributed by atoms with Crippen LogP contribution in [0, 0.1) is 0 Å². The van der Waals surface area contributed by atoms with Gasteiger partial charge in [-0.1, -0.05) is 6.08 Å². The van der Waals surface area contributed by atoms with Crippen LogP contribution in [0.25, 0.3) is 0 Å². The van der Waals surface area contributed by atoms with Crippen molar-refractivity contribution in [2.45, 2.75) is 32.4 Å². The van der Waals surface area contributed by atoms with E-state index in [1.165, 1.54) is 4.90 Å². The van der Waals surface area contributed by atoms with Crippen molar-refractivity contribution in [2.75, 3.05) is 13.1 Å². The molecule has 0 aliphatic carbocycles. The summed E-state index contributed by atoms with van der Waals surface area (Å²) in [6.07, 6.45) is 2.37. The van der Waals surface area contributed by atoms with Crippen molar-refractivity contribution in [3.63, 3.8) is 0 Å². The van der Waals surface area contributed by atoms with Gasteiger partial charge >= 0.3 is 12.0 Å². The lowest BCUT2D eigenvalue weighted by Gasteiger charge is -2.38. The number of rotatable bonds is 4. The van der Waals surface area contributed by atoms with Crippen molar-refractivity contribution in [3.05, 3.63) is 34.5 Å². The van der Waals surface area contributed by atoms with Crippen LogP contribution in [0.3, 0.4) is 0 Å². The van der Waals surface area contributed by atoms with Crippen LogP contribution in [-0.4, -0.2) is 46.0 Å². The zero-order valence-electron chi connectivity index (χ0n) is 12.3. The Hall–Kier alpha value is -1.82. The fourth-order valence-corrected chi connectivity index (χ4v) is 3.51. The molecular weight excluding hydrogens is 288 g/mol. The Morgan fingerprint density at radius 3 is 2.90 bits per heavy atom. The van der Waals surface area contributed by atoms with E-state index >= 15 is 0 Å². The second-order valence-corrected chi connectivity index (χ2v) is 6.30. The first kappa shape index (κ1) is 15.6. The summed E-state index contributed by atoms with van der Waals surface area (Å²) in [6.45, 7) is 8.34. The Morgan fingerprint density at radius 2 is 2.33 bits per heavy atom. The van der Waals surface area contributed by atoms with E-state index in [0.29, 0.717) is 19.5 Å². The fourth-order valence-electron chi connectivity index (χ4n) is 2.60. The summed E-state index contributed by atoms with van der Waals surface area (Å²) in [6, 6.07) is 0.673. The van der Waals surface area contributed by atoms with E-state index in [0.717, 1.165) is 10.4 Å². The third-order valence-corrected chi connectivity index (χ3v) is 4.64. The molecule has 0 spiro atoms. The quantitative estimate of drug-likeness (QED) is 0.870. The van der Waals surface area contributed by atoms with Gasteiger partial charge in [-0.05, 0) is 37.3 Å². The lowest BCUT2D eigenvalue weighted by atomic mass is 10.0. The topological polar surface area (TPSA) is 60.9 Å². The number of carbonyl (C=O) groups is 2. The molecule has 0 aromatic carbocycles. The lowest BCUT2D eigenvalue weighted by Crippen LogP contribution is -2.51. The van der Waals surface area contributed by atoms with Crippen molar-refractivity contribution in [3.8, 4) is 0 Å². The molecule has 0 saturated carbocycles. The molecular formula is C15H20N2O3S. The van der Waals surface area contributed by atoms with E-state index in [9.17, 15) is 14.7 Å². The molecule has 0 fully saturated rings. The number of urea groups is 1. The van der Waals surface area contributed by atoms with Gasteiger partial charge in [0.1, 0.15) is 0 Å². The van der Waals surface area contributed by atoms with Crippen LogP contribution in [-0.2, 0) is 11.2 Å². The second-order valence-electron chi connectivity index (χ2n) is 5.30. The zero-order valence-corrected chi connectivity index (χ0v) is 13.1. The highest BCUT2D eigenvalue weighted by Crippen LogP contribution is 2.34. The summed E-state index contributed by atoms with van der Waals surface area (Å²) in [5, 5.41) is 11.4. The van der Waals surface area contributed by atoms with Crippen LogP contribution in [0.4, 0.5) is 4.79 Å². The van der Waals surface area contributed by atoms with Gasteiger partial charge in [0.2, 0.25) is 0 Å². The van der Waals surface area contributed by atoms with E-state index in [2.05, 4.69) is 6.58 Å². The number of amides is 2. The number of hydrogen-bond donors (Lipinski definition) is 1. The molecule has 1 aliphatic heterocycles. The molecule has 1 aromatic rings. The van der Waals surface area contributed by atoms with Crippen LogP contribution >= 0.6 is 11.3 Å². The molecule has 5 nitrogen and oxygen atoms in total. The van der Waals surface area contributed by atoms with Crippen LogP contribution in [0.5, 0.6) is 0 Å². The summed E-state index contributed by atoms with van der Waals surface area (Å²) in [5.74, 6) is -0.981. The number of thiophene rings is 1. The summed E-state index contributed by atoms with van der Waals surface area (Å²) in [7, 11) is 0. The SMILES string of the molecule is C=CCN(C(=O)N1CCc2sccc2C1C(=O)O)C(C)C. The lowest BCUT2D eigenvalue weighted by molar-refractivity contribution is -0.143. The van der Waals surface area contributed by atoms with Gasteiger partial charge in [-0.3, -0.25) is 0 Å². The van der Waals surface area contributed by atoms with Crippen molar-refractivity contribution in [1.82, 2.24) is 9.80 Å². The number of carbonyl (C=O) groups excluding carboxylic acids is 1. The van der Waals surface area contributed by atoms with Crippen molar-refractivity contribution >= 4 is 23.3 Å². The molecule has 1 aromatic heterocycles. The number of hydrogen-bond acceptors (Lipinski definition) is 3. The maximum atomic E-state index is 12.7. The third kappa shape index (κ3) is 2.95. The van der Waals surface area contributed by atoms with Crippen LogP contribution in [0.2, 0.25) is 0 Å². The molecule has 21 heavy (non-hydrogen) atoms. The zero-order chi connectivity index (χ0) is 15.6. The maximum absolute atomic E-state index is 12.7. The average molecular weight is 308 g/mol. The summed E-state index contributed by atoms with van der Waals surface area (Å²) in [5.41, 5.74) is 0.745. The fraction of sp³-hybridized carbons (Fsp3) is 0.467. The van der Waals surface area contributed by atoms with Gasteiger partial charge < -0.3 is 14.9 Å². The Balaban J connectivity index is 2.32. The largest absolute Gasteiger partial charge is 0.479 e. The number of fused-ring (bicyclic) bond motifs is 1. The first-order chi connectivity index (χ1) is 9.97. The number of aliphatic carboxylic acids is 1. The summed E-state index contributed by atoms with van der Waals surface area (Å²) < 4.78 is 0. The van der Waals surface area contributed by atoms with Crippen molar-refractivity contribution < 1.29 is 14.7 Å². The molecule has 0 radical (unpaired) electrons. The van der Waals surface area contributed by atoms with Gasteiger partial charge in [-0.2, -0.15) is 0 Å². The smallest absolute Gasteiger partial charge is 0.331 e. The summed E-state index contributed by atoms with van der Waals surface area (Å²) in [4.78, 5) is 28.5. The minimum atomic E-state index is -0.981. The molecule has 2 heterocycles. The van der Waals surface area contributed by atoms with Crippen LogP contribution in [0.1, 0.15) is 30.3 Å². The molecule has 1 unspecified atom stereocenters. The van der Waals surface area contributed by atoms with Crippen LogP contribution in [0.15, 0.2) is 24.1 Å². The predicted octanol–water partition coefficient (Wildman–Crippen LogP) is 2.75. The Bertz CT molecular complexity index is 553. The number of nitrogens with zero attached hydrogens (tertiary/aromatic N) is 2. The van der Waals surface area contributed by atoms with Gasteiger partial charge in [0.05, 0.1) is 0 Å². The normalized spacial score (nSPS) is 17.5. The molecule has 2 amide bonds. The molecule has 6 heteroatoms. The van der Waals surface area contributed by atoms with E-state index in [4.69, 9.17) is 0 Å². The molecule has 114 valence electrons. The number of carboxylic acids is 1. The predicted molar refractivity (Wildman–Crippen MR) is 82.5 cm³/mol. The van der Waals surface area contributed by atoms with E-state index in [1.807, 2.05) is 25.3 Å². The number of carboxylic acid groups (broad SMARTS) is 1. The van der Waals surface area contributed by atoms with Gasteiger partial charge in [-0.15, -0.1) is 17.9 Å². The molecule has 0 saturated heterocycles. The van der Waals surface area contributed by atoms with E-state index in [1.54, 1.807) is 22.3 Å². The maximum Gasteiger partial charge on any atom is 0.331 e. The molecule has 0 bridgehead atoms. The molecule has 1 aliphatic rings. The van der Waals surface area contributed by atoms with Gasteiger partial charge in [0, 0.05) is 24.0 Å². The molecule has 2 rings (SSSR count). The minimum Gasteiger partial charge on any atom is -0.479 e. The van der Waals surface area contributed by atoms with E-state index in [-0.39, 0.29) is 12.1 Å². The molecule has 1 N–H and O–H groups in total. The highest BCUT2D eigenvalue weighted by molar-refractivity contribution is 7.10. The average Bonchev–Trinajstić information content (AvgIpc) is 2.90.